The minimum Gasteiger partial charge on any atom is -0.465 e. The first-order valence-electron chi connectivity index (χ1n) is 9.06. The molecule has 0 saturated heterocycles. The van der Waals surface area contributed by atoms with Crippen LogP contribution in [-0.2, 0) is 11.2 Å². The van der Waals surface area contributed by atoms with Gasteiger partial charge in [-0.2, -0.15) is 0 Å². The van der Waals surface area contributed by atoms with Crippen molar-refractivity contribution < 1.29 is 18.3 Å². The number of pyridine rings is 2. The number of methoxy groups -OCH3 is 1. The first-order chi connectivity index (χ1) is 14.9. The van der Waals surface area contributed by atoms with Crippen molar-refractivity contribution in [1.29, 1.82) is 0 Å². The van der Waals surface area contributed by atoms with Gasteiger partial charge in [0.25, 0.3) is 0 Å². The van der Waals surface area contributed by atoms with E-state index < -0.39 is 17.6 Å². The van der Waals surface area contributed by atoms with Gasteiger partial charge >= 0.3 is 5.97 Å². The average molecular weight is 535 g/mol. The fraction of sp³-hybridized carbons (Fsp3) is 0.0952. The number of hydrogen-bond donors (Lipinski definition) is 2. The number of nitrogen functional groups attached to an aromatic ring is 1. The second kappa shape index (κ2) is 8.46. The number of halogens is 3. The summed E-state index contributed by atoms with van der Waals surface area (Å²) in [5, 5.41) is 2.96. The van der Waals surface area contributed by atoms with Crippen molar-refractivity contribution in [2.45, 2.75) is 6.42 Å². The number of imidazole rings is 1. The number of carbonyl (C=O) groups excluding carboxylic acids is 1. The number of aromatic nitrogens is 3. The average Bonchev–Trinajstić information content (AvgIpc) is 3.24. The summed E-state index contributed by atoms with van der Waals surface area (Å²) in [6.07, 6.45) is 4.61. The molecule has 3 heterocycles. The van der Waals surface area contributed by atoms with Gasteiger partial charge in [-0.1, -0.05) is 0 Å². The molecule has 3 aromatic heterocycles. The molecule has 0 aliphatic carbocycles. The van der Waals surface area contributed by atoms with E-state index in [-0.39, 0.29) is 29.3 Å². The van der Waals surface area contributed by atoms with E-state index >= 15 is 0 Å². The first kappa shape index (κ1) is 21.0. The van der Waals surface area contributed by atoms with Crippen LogP contribution in [0.5, 0.6) is 0 Å². The minimum atomic E-state index is -0.639. The van der Waals surface area contributed by atoms with Gasteiger partial charge in [0.05, 0.1) is 24.5 Å². The van der Waals surface area contributed by atoms with E-state index in [0.717, 1.165) is 3.57 Å². The van der Waals surface area contributed by atoms with Crippen molar-refractivity contribution in [2.24, 2.45) is 0 Å². The Balaban J connectivity index is 1.87. The fourth-order valence-electron chi connectivity index (χ4n) is 3.25. The summed E-state index contributed by atoms with van der Waals surface area (Å²) in [6.45, 7) is 0. The summed E-state index contributed by atoms with van der Waals surface area (Å²) in [7, 11) is 1.25. The van der Waals surface area contributed by atoms with E-state index in [2.05, 4.69) is 15.3 Å². The van der Waals surface area contributed by atoms with E-state index in [9.17, 15) is 13.6 Å². The SMILES string of the molecule is COC(=O)c1cc(Cc2ccnc(N)c2F)c2cncn2c1Nc1ccc(I)cc1F. The Labute approximate surface area is 189 Å². The largest absolute Gasteiger partial charge is 0.465 e. The molecule has 0 radical (unpaired) electrons. The molecular weight excluding hydrogens is 519 g/mol. The molecule has 0 aliphatic heterocycles. The standard InChI is InChI=1S/C21H16F2IN5O2/c1-31-21(30)14-7-12(6-11-4-5-27-19(25)18(11)23)17-9-26-10-29(17)20(14)28-16-3-2-13(24)8-15(16)22/h2-5,7-10,28H,6H2,1H3,(H2,25,27). The second-order valence-corrected chi connectivity index (χ2v) is 7.91. The highest BCUT2D eigenvalue weighted by atomic mass is 127. The predicted molar refractivity (Wildman–Crippen MR) is 120 cm³/mol. The third-order valence-corrected chi connectivity index (χ3v) is 5.42. The maximum absolute atomic E-state index is 14.5. The molecule has 0 unspecified atom stereocenters. The van der Waals surface area contributed by atoms with Gasteiger partial charge in [0, 0.05) is 16.2 Å². The molecule has 31 heavy (non-hydrogen) atoms. The molecule has 0 bridgehead atoms. The number of carbonyl (C=O) groups is 1. The van der Waals surface area contributed by atoms with Gasteiger partial charge < -0.3 is 15.8 Å². The summed E-state index contributed by atoms with van der Waals surface area (Å²) in [5.74, 6) is -1.67. The summed E-state index contributed by atoms with van der Waals surface area (Å²) in [6, 6.07) is 7.77. The summed E-state index contributed by atoms with van der Waals surface area (Å²) < 4.78 is 36.1. The Hall–Kier alpha value is -3.28. The number of nitrogens with zero attached hydrogens (tertiary/aromatic N) is 3. The maximum Gasteiger partial charge on any atom is 0.341 e. The van der Waals surface area contributed by atoms with Crippen molar-refractivity contribution in [2.75, 3.05) is 18.2 Å². The van der Waals surface area contributed by atoms with Crippen LogP contribution >= 0.6 is 22.6 Å². The fourth-order valence-corrected chi connectivity index (χ4v) is 3.71. The number of nitrogens with one attached hydrogen (secondary N) is 1. The molecule has 10 heteroatoms. The highest BCUT2D eigenvalue weighted by Crippen LogP contribution is 2.30. The van der Waals surface area contributed by atoms with Gasteiger partial charge in [-0.15, -0.1) is 0 Å². The Morgan fingerprint density at radius 1 is 1.26 bits per heavy atom. The lowest BCUT2D eigenvalue weighted by Gasteiger charge is -2.17. The smallest absolute Gasteiger partial charge is 0.341 e. The lowest BCUT2D eigenvalue weighted by atomic mass is 10.0. The van der Waals surface area contributed by atoms with Crippen LogP contribution < -0.4 is 11.1 Å². The topological polar surface area (TPSA) is 94.5 Å². The van der Waals surface area contributed by atoms with Gasteiger partial charge in [0.2, 0.25) is 0 Å². The Kier molecular flexibility index (Phi) is 5.72. The third-order valence-electron chi connectivity index (χ3n) is 4.75. The highest BCUT2D eigenvalue weighted by Gasteiger charge is 2.21. The first-order valence-corrected chi connectivity index (χ1v) is 10.1. The van der Waals surface area contributed by atoms with Crippen molar-refractivity contribution in [3.8, 4) is 0 Å². The normalized spacial score (nSPS) is 11.0. The summed E-state index contributed by atoms with van der Waals surface area (Å²) in [4.78, 5) is 20.4. The van der Waals surface area contributed by atoms with Crippen molar-refractivity contribution >= 4 is 51.4 Å². The van der Waals surface area contributed by atoms with Crippen molar-refractivity contribution in [1.82, 2.24) is 14.4 Å². The number of hydrogen-bond acceptors (Lipinski definition) is 6. The van der Waals surface area contributed by atoms with Crippen LogP contribution in [0.3, 0.4) is 0 Å². The number of esters is 1. The summed E-state index contributed by atoms with van der Waals surface area (Å²) >= 11 is 2.01. The van der Waals surface area contributed by atoms with Gasteiger partial charge in [0.15, 0.2) is 11.6 Å². The lowest BCUT2D eigenvalue weighted by Crippen LogP contribution is -2.12. The monoisotopic (exact) mass is 535 g/mol. The van der Waals surface area contributed by atoms with Crippen LogP contribution in [0.25, 0.3) is 5.52 Å². The number of ether oxygens (including phenoxy) is 1. The van der Waals surface area contributed by atoms with Gasteiger partial charge in [-0.3, -0.25) is 4.40 Å². The van der Waals surface area contributed by atoms with E-state index in [1.54, 1.807) is 28.8 Å². The molecule has 158 valence electrons. The molecule has 0 amide bonds. The number of benzene rings is 1. The van der Waals surface area contributed by atoms with Crippen LogP contribution in [-0.4, -0.2) is 27.4 Å². The zero-order valence-corrected chi connectivity index (χ0v) is 18.4. The van der Waals surface area contributed by atoms with Crippen LogP contribution in [0.4, 0.5) is 26.1 Å². The lowest BCUT2D eigenvalue weighted by molar-refractivity contribution is 0.0601. The van der Waals surface area contributed by atoms with E-state index in [1.165, 1.54) is 31.8 Å². The molecule has 0 aliphatic rings. The van der Waals surface area contributed by atoms with Crippen molar-refractivity contribution in [3.63, 3.8) is 0 Å². The molecule has 3 N–H and O–H groups in total. The number of fused-ring (bicyclic) bond motifs is 1. The Bertz CT molecular complexity index is 1310. The van der Waals surface area contributed by atoms with E-state index in [4.69, 9.17) is 10.5 Å². The zero-order valence-electron chi connectivity index (χ0n) is 16.2. The molecule has 4 rings (SSSR count). The summed E-state index contributed by atoms with van der Waals surface area (Å²) in [5.41, 5.74) is 7.43. The molecule has 4 aromatic rings. The van der Waals surface area contributed by atoms with E-state index in [1.807, 2.05) is 22.6 Å². The number of rotatable bonds is 5. The van der Waals surface area contributed by atoms with Crippen LogP contribution in [0.1, 0.15) is 21.5 Å². The molecular formula is C21H16F2IN5O2. The number of anilines is 3. The highest BCUT2D eigenvalue weighted by molar-refractivity contribution is 14.1. The van der Waals surface area contributed by atoms with Crippen molar-refractivity contribution in [3.05, 3.63) is 80.9 Å². The van der Waals surface area contributed by atoms with Gasteiger partial charge in [0.1, 0.15) is 23.5 Å². The zero-order chi connectivity index (χ0) is 22.1. The molecule has 1 aromatic carbocycles. The molecule has 0 atom stereocenters. The Morgan fingerprint density at radius 2 is 2.06 bits per heavy atom. The molecule has 0 fully saturated rings. The van der Waals surface area contributed by atoms with E-state index in [0.29, 0.717) is 16.6 Å². The van der Waals surface area contributed by atoms with Crippen LogP contribution in [0, 0.1) is 15.2 Å². The maximum atomic E-state index is 14.5. The predicted octanol–water partition coefficient (Wildman–Crippen LogP) is 4.32. The Morgan fingerprint density at radius 3 is 2.81 bits per heavy atom. The molecule has 0 spiro atoms. The molecule has 0 saturated carbocycles. The van der Waals surface area contributed by atoms with Crippen LogP contribution in [0.15, 0.2) is 49.1 Å². The van der Waals surface area contributed by atoms with Gasteiger partial charge in [-0.05, 0) is 64.0 Å². The second-order valence-electron chi connectivity index (χ2n) is 6.67. The van der Waals surface area contributed by atoms with Crippen LogP contribution in [0.2, 0.25) is 0 Å². The van der Waals surface area contributed by atoms with Gasteiger partial charge in [-0.25, -0.2) is 23.5 Å². The number of nitrogens with two attached hydrogens (primary N) is 1. The third kappa shape index (κ3) is 4.02. The quantitative estimate of drug-likeness (QED) is 0.292. The molecule has 7 nitrogen and oxygen atoms in total. The minimum absolute atomic E-state index is 0.135.